The Bertz CT molecular complexity index is 279. The standard InChI is InChI=1S/C6H5ClN2S/c7-6-8-1-4-2-10-3-5(4)9-6/h2-3H,1H2,(H,8,9). The Morgan fingerprint density at radius 3 is 3.40 bits per heavy atom. The number of halogens is 1. The highest BCUT2D eigenvalue weighted by molar-refractivity contribution is 7.08. The number of nitrogens with one attached hydrogen (secondary N) is 1. The molecule has 0 unspecified atom stereocenters. The molecule has 2 nitrogen and oxygen atoms in total. The fraction of sp³-hybridized carbons (Fsp3) is 0.167. The van der Waals surface area contributed by atoms with Crippen LogP contribution in [0.5, 0.6) is 0 Å². The third-order valence-corrected chi connectivity index (χ3v) is 2.37. The molecule has 0 fully saturated rings. The van der Waals surface area contributed by atoms with Gasteiger partial charge in [0.2, 0.25) is 0 Å². The number of hydrogen-bond donors (Lipinski definition) is 1. The largest absolute Gasteiger partial charge is 0.330 e. The third kappa shape index (κ3) is 0.914. The summed E-state index contributed by atoms with van der Waals surface area (Å²) in [6.07, 6.45) is 0. The van der Waals surface area contributed by atoms with Crippen LogP contribution in [0.4, 0.5) is 5.69 Å². The van der Waals surface area contributed by atoms with Gasteiger partial charge in [0.1, 0.15) is 0 Å². The molecule has 0 spiro atoms. The number of thiophene rings is 1. The molecule has 1 aliphatic heterocycles. The van der Waals surface area contributed by atoms with Crippen molar-refractivity contribution in [3.63, 3.8) is 0 Å². The van der Waals surface area contributed by atoms with Gasteiger partial charge in [-0.3, -0.25) is 4.99 Å². The van der Waals surface area contributed by atoms with Gasteiger partial charge in [0.15, 0.2) is 5.29 Å². The molecule has 1 aromatic rings. The Hall–Kier alpha value is -0.540. The predicted octanol–water partition coefficient (Wildman–Crippen LogP) is 2.27. The molecule has 0 amide bonds. The van der Waals surface area contributed by atoms with Crippen molar-refractivity contribution in [2.45, 2.75) is 6.54 Å². The van der Waals surface area contributed by atoms with Crippen molar-refractivity contribution in [1.29, 1.82) is 0 Å². The summed E-state index contributed by atoms with van der Waals surface area (Å²) in [4.78, 5) is 4.02. The van der Waals surface area contributed by atoms with Crippen LogP contribution in [0.2, 0.25) is 0 Å². The smallest absolute Gasteiger partial charge is 0.196 e. The predicted molar refractivity (Wildman–Crippen MR) is 44.9 cm³/mol. The molecular formula is C6H5ClN2S. The van der Waals surface area contributed by atoms with Gasteiger partial charge >= 0.3 is 0 Å². The number of hydrogen-bond acceptors (Lipinski definition) is 3. The summed E-state index contributed by atoms with van der Waals surface area (Å²) in [7, 11) is 0. The number of anilines is 1. The minimum atomic E-state index is 0.492. The highest BCUT2D eigenvalue weighted by Gasteiger charge is 2.08. The van der Waals surface area contributed by atoms with Gasteiger partial charge in [0.25, 0.3) is 0 Å². The van der Waals surface area contributed by atoms with Gasteiger partial charge in [0, 0.05) is 10.9 Å². The van der Waals surface area contributed by atoms with Crippen molar-refractivity contribution >= 4 is 33.9 Å². The van der Waals surface area contributed by atoms with E-state index in [0.29, 0.717) is 11.8 Å². The fourth-order valence-corrected chi connectivity index (χ4v) is 1.80. The van der Waals surface area contributed by atoms with Gasteiger partial charge in [-0.2, -0.15) is 0 Å². The quantitative estimate of drug-likeness (QED) is 0.597. The van der Waals surface area contributed by atoms with Crippen molar-refractivity contribution in [2.75, 3.05) is 5.32 Å². The zero-order valence-corrected chi connectivity index (χ0v) is 6.67. The maximum atomic E-state index is 5.64. The Morgan fingerprint density at radius 1 is 1.60 bits per heavy atom. The molecule has 2 rings (SSSR count). The molecule has 0 saturated carbocycles. The van der Waals surface area contributed by atoms with Crippen LogP contribution < -0.4 is 5.32 Å². The number of nitrogens with zero attached hydrogens (tertiary/aromatic N) is 1. The lowest BCUT2D eigenvalue weighted by atomic mass is 10.3. The molecule has 0 bridgehead atoms. The second-order valence-corrected chi connectivity index (χ2v) is 3.14. The Labute approximate surface area is 67.5 Å². The summed E-state index contributed by atoms with van der Waals surface area (Å²) in [5, 5.41) is 7.57. The normalized spacial score (nSPS) is 15.5. The Kier molecular flexibility index (Phi) is 1.39. The summed E-state index contributed by atoms with van der Waals surface area (Å²) in [5.41, 5.74) is 2.33. The van der Waals surface area contributed by atoms with Crippen LogP contribution >= 0.6 is 22.9 Å². The average Bonchev–Trinajstić information content (AvgIpc) is 2.33. The lowest BCUT2D eigenvalue weighted by Gasteiger charge is -2.08. The Morgan fingerprint density at radius 2 is 2.50 bits per heavy atom. The second kappa shape index (κ2) is 2.25. The van der Waals surface area contributed by atoms with E-state index in [1.54, 1.807) is 11.3 Å². The zero-order valence-electron chi connectivity index (χ0n) is 5.10. The molecule has 0 saturated heterocycles. The van der Waals surface area contributed by atoms with Crippen molar-refractivity contribution in [2.24, 2.45) is 4.99 Å². The number of amidine groups is 1. The van der Waals surface area contributed by atoms with Crippen LogP contribution in [0.1, 0.15) is 5.56 Å². The molecule has 52 valence electrons. The first-order chi connectivity index (χ1) is 4.86. The van der Waals surface area contributed by atoms with Crippen molar-refractivity contribution < 1.29 is 0 Å². The SMILES string of the molecule is ClC1=NCc2cscc2N1. The molecule has 2 heterocycles. The summed E-state index contributed by atoms with van der Waals surface area (Å²) in [6.45, 7) is 0.713. The first kappa shape index (κ1) is 6.19. The van der Waals surface area contributed by atoms with Crippen LogP contribution in [-0.4, -0.2) is 5.29 Å². The van der Waals surface area contributed by atoms with Crippen LogP contribution in [0.25, 0.3) is 0 Å². The van der Waals surface area contributed by atoms with Crippen LogP contribution in [-0.2, 0) is 6.54 Å². The van der Waals surface area contributed by atoms with E-state index in [1.165, 1.54) is 5.56 Å². The van der Waals surface area contributed by atoms with Crippen molar-refractivity contribution in [1.82, 2.24) is 0 Å². The lowest BCUT2D eigenvalue weighted by Crippen LogP contribution is -2.09. The maximum absolute atomic E-state index is 5.64. The van der Waals surface area contributed by atoms with Gasteiger partial charge in [0.05, 0.1) is 12.2 Å². The fourth-order valence-electron chi connectivity index (χ4n) is 0.861. The average molecular weight is 173 g/mol. The summed E-state index contributed by atoms with van der Waals surface area (Å²) in [6, 6.07) is 0. The molecule has 1 aliphatic rings. The highest BCUT2D eigenvalue weighted by atomic mass is 35.5. The van der Waals surface area contributed by atoms with Gasteiger partial charge in [-0.15, -0.1) is 11.3 Å². The molecule has 4 heteroatoms. The minimum absolute atomic E-state index is 0.492. The summed E-state index contributed by atoms with van der Waals surface area (Å²) >= 11 is 7.31. The van der Waals surface area contributed by atoms with Gasteiger partial charge in [-0.25, -0.2) is 0 Å². The first-order valence-electron chi connectivity index (χ1n) is 2.88. The molecule has 0 radical (unpaired) electrons. The molecule has 0 aliphatic carbocycles. The molecule has 0 aromatic carbocycles. The van der Waals surface area contributed by atoms with E-state index >= 15 is 0 Å². The third-order valence-electron chi connectivity index (χ3n) is 1.37. The Balaban J connectivity index is 2.39. The maximum Gasteiger partial charge on any atom is 0.196 e. The van der Waals surface area contributed by atoms with Crippen LogP contribution in [0.3, 0.4) is 0 Å². The summed E-state index contributed by atoms with van der Waals surface area (Å²) < 4.78 is 0. The number of aliphatic imine (C=N–C) groups is 1. The van der Waals surface area contributed by atoms with Crippen LogP contribution in [0.15, 0.2) is 15.8 Å². The molecule has 1 N–H and O–H groups in total. The van der Waals surface area contributed by atoms with Crippen molar-refractivity contribution in [3.8, 4) is 0 Å². The molecular weight excluding hydrogens is 168 g/mol. The van der Waals surface area contributed by atoms with Gasteiger partial charge in [-0.05, 0) is 17.0 Å². The number of rotatable bonds is 0. The van der Waals surface area contributed by atoms with E-state index < -0.39 is 0 Å². The van der Waals surface area contributed by atoms with Crippen molar-refractivity contribution in [3.05, 3.63) is 16.3 Å². The monoisotopic (exact) mass is 172 g/mol. The van der Waals surface area contributed by atoms with Gasteiger partial charge in [-0.1, -0.05) is 0 Å². The van der Waals surface area contributed by atoms with Crippen LogP contribution in [0, 0.1) is 0 Å². The minimum Gasteiger partial charge on any atom is -0.330 e. The van der Waals surface area contributed by atoms with E-state index in [2.05, 4.69) is 15.7 Å². The summed E-state index contributed by atoms with van der Waals surface area (Å²) in [5.74, 6) is 0. The van der Waals surface area contributed by atoms with E-state index in [1.807, 2.05) is 5.38 Å². The van der Waals surface area contributed by atoms with E-state index in [9.17, 15) is 0 Å². The molecule has 0 atom stereocenters. The number of fused-ring (bicyclic) bond motifs is 1. The van der Waals surface area contributed by atoms with E-state index in [4.69, 9.17) is 11.6 Å². The first-order valence-corrected chi connectivity index (χ1v) is 4.20. The lowest BCUT2D eigenvalue weighted by molar-refractivity contribution is 1.07. The van der Waals surface area contributed by atoms with E-state index in [-0.39, 0.29) is 0 Å². The second-order valence-electron chi connectivity index (χ2n) is 2.04. The highest BCUT2D eigenvalue weighted by Crippen LogP contribution is 2.24. The van der Waals surface area contributed by atoms with Gasteiger partial charge < -0.3 is 5.32 Å². The topological polar surface area (TPSA) is 24.4 Å². The zero-order chi connectivity index (χ0) is 6.97. The molecule has 1 aromatic heterocycles. The molecule has 10 heavy (non-hydrogen) atoms. The van der Waals surface area contributed by atoms with E-state index in [0.717, 1.165) is 5.69 Å².